The molecule has 1 aliphatic heterocycles. The van der Waals surface area contributed by atoms with E-state index in [0.717, 1.165) is 20.1 Å². The number of carbonyl (C=O) groups excluding carboxylic acids is 2. The van der Waals surface area contributed by atoms with Crippen LogP contribution in [0.1, 0.15) is 21.6 Å². The molecule has 0 bridgehead atoms. The number of rotatable bonds is 7. The molecule has 6 nitrogen and oxygen atoms in total. The minimum atomic E-state index is -0.130. The Morgan fingerprint density at radius 2 is 2.03 bits per heavy atom. The normalized spacial score (nSPS) is 12.1. The van der Waals surface area contributed by atoms with Gasteiger partial charge in [-0.1, -0.05) is 27.7 Å². The fourth-order valence-corrected chi connectivity index (χ4v) is 4.79. The van der Waals surface area contributed by atoms with E-state index in [4.69, 9.17) is 9.47 Å². The van der Waals surface area contributed by atoms with Gasteiger partial charge in [0.15, 0.2) is 21.6 Å². The average molecular weight is 505 g/mol. The van der Waals surface area contributed by atoms with Crippen molar-refractivity contribution in [1.82, 2.24) is 4.98 Å². The number of hydrogen-bond acceptors (Lipinski definition) is 7. The van der Waals surface area contributed by atoms with Gasteiger partial charge in [0.25, 0.3) is 0 Å². The second-order valence-corrected chi connectivity index (χ2v) is 9.51. The Labute approximate surface area is 190 Å². The van der Waals surface area contributed by atoms with Crippen molar-refractivity contribution in [2.75, 3.05) is 17.9 Å². The summed E-state index contributed by atoms with van der Waals surface area (Å²) in [6, 6.07) is 10.8. The maximum Gasteiger partial charge on any atom is 0.231 e. The van der Waals surface area contributed by atoms with Crippen molar-refractivity contribution in [2.24, 2.45) is 0 Å². The van der Waals surface area contributed by atoms with Gasteiger partial charge in [-0.25, -0.2) is 4.98 Å². The minimum Gasteiger partial charge on any atom is -0.454 e. The average Bonchev–Trinajstić information content (AvgIpc) is 3.37. The largest absolute Gasteiger partial charge is 0.454 e. The molecular weight excluding hydrogens is 488 g/mol. The van der Waals surface area contributed by atoms with Crippen molar-refractivity contribution in [1.29, 1.82) is 0 Å². The molecule has 1 aromatic heterocycles. The zero-order chi connectivity index (χ0) is 21.1. The van der Waals surface area contributed by atoms with E-state index >= 15 is 0 Å². The van der Waals surface area contributed by atoms with Crippen LogP contribution in [0.15, 0.2) is 50.6 Å². The van der Waals surface area contributed by atoms with Gasteiger partial charge in [0.2, 0.25) is 12.7 Å². The molecule has 2 aromatic carbocycles. The molecule has 9 heteroatoms. The van der Waals surface area contributed by atoms with Crippen molar-refractivity contribution >= 4 is 56.4 Å². The Kier molecular flexibility index (Phi) is 6.40. The highest BCUT2D eigenvalue weighted by Gasteiger charge is 2.17. The number of nitrogens with one attached hydrogen (secondary N) is 1. The third-order valence-corrected chi connectivity index (χ3v) is 7.29. The summed E-state index contributed by atoms with van der Waals surface area (Å²) in [6.07, 6.45) is 0.183. The quantitative estimate of drug-likeness (QED) is 0.356. The molecule has 0 aliphatic carbocycles. The van der Waals surface area contributed by atoms with Gasteiger partial charge in [-0.15, -0.1) is 11.3 Å². The van der Waals surface area contributed by atoms with E-state index < -0.39 is 0 Å². The van der Waals surface area contributed by atoms with Crippen molar-refractivity contribution in [3.63, 3.8) is 0 Å². The molecule has 0 unspecified atom stereocenters. The predicted molar refractivity (Wildman–Crippen MR) is 121 cm³/mol. The lowest BCUT2D eigenvalue weighted by molar-refractivity contribution is -0.115. The monoisotopic (exact) mass is 504 g/mol. The summed E-state index contributed by atoms with van der Waals surface area (Å²) in [4.78, 5) is 29.2. The van der Waals surface area contributed by atoms with E-state index in [1.807, 2.05) is 30.5 Å². The van der Waals surface area contributed by atoms with Crippen LogP contribution >= 0.6 is 39.0 Å². The smallest absolute Gasteiger partial charge is 0.231 e. The van der Waals surface area contributed by atoms with Gasteiger partial charge in [-0.05, 0) is 48.9 Å². The molecular formula is C21H17BrN2O4S2. The van der Waals surface area contributed by atoms with E-state index in [0.29, 0.717) is 22.8 Å². The van der Waals surface area contributed by atoms with Gasteiger partial charge in [-0.3, -0.25) is 9.59 Å². The molecule has 3 aromatic rings. The molecule has 2 heterocycles. The Balaban J connectivity index is 1.30. The molecule has 1 N–H and O–H groups in total. The lowest BCUT2D eigenvalue weighted by Crippen LogP contribution is -2.14. The number of ether oxygens (including phenoxy) is 2. The third kappa shape index (κ3) is 5.03. The van der Waals surface area contributed by atoms with Gasteiger partial charge in [0, 0.05) is 21.1 Å². The minimum absolute atomic E-state index is 0.0154. The molecule has 0 radical (unpaired) electrons. The molecule has 1 amide bonds. The first kappa shape index (κ1) is 20.9. The highest BCUT2D eigenvalue weighted by atomic mass is 79.9. The van der Waals surface area contributed by atoms with Crippen molar-refractivity contribution in [2.45, 2.75) is 17.7 Å². The number of nitrogens with zero attached hydrogens (tertiary/aromatic N) is 1. The van der Waals surface area contributed by atoms with Gasteiger partial charge >= 0.3 is 0 Å². The van der Waals surface area contributed by atoms with Gasteiger partial charge in [0.1, 0.15) is 0 Å². The van der Waals surface area contributed by atoms with Gasteiger partial charge < -0.3 is 14.8 Å². The highest BCUT2D eigenvalue weighted by molar-refractivity contribution is 9.10. The summed E-state index contributed by atoms with van der Waals surface area (Å²) in [5.74, 6) is 1.36. The fourth-order valence-electron chi connectivity index (χ4n) is 2.81. The summed E-state index contributed by atoms with van der Waals surface area (Å²) < 4.78 is 12.3. The van der Waals surface area contributed by atoms with E-state index in [9.17, 15) is 9.59 Å². The summed E-state index contributed by atoms with van der Waals surface area (Å²) in [5.41, 5.74) is 3.06. The second kappa shape index (κ2) is 9.20. The molecule has 0 spiro atoms. The van der Waals surface area contributed by atoms with Crippen LogP contribution in [0, 0.1) is 6.92 Å². The number of anilines is 1. The maximum absolute atomic E-state index is 12.4. The molecule has 0 saturated carbocycles. The summed E-state index contributed by atoms with van der Waals surface area (Å²) >= 11 is 6.23. The Hall–Kier alpha value is -2.36. The van der Waals surface area contributed by atoms with E-state index in [-0.39, 0.29) is 30.7 Å². The van der Waals surface area contributed by atoms with Crippen LogP contribution in [-0.2, 0) is 11.2 Å². The van der Waals surface area contributed by atoms with Gasteiger partial charge in [0.05, 0.1) is 17.9 Å². The molecule has 4 rings (SSSR count). The number of thiazole rings is 1. The number of hydrogen-bond donors (Lipinski definition) is 1. The fraction of sp³-hybridized carbons (Fsp3) is 0.190. The van der Waals surface area contributed by atoms with Crippen molar-refractivity contribution in [3.05, 3.63) is 63.1 Å². The summed E-state index contributed by atoms with van der Waals surface area (Å²) in [7, 11) is 0. The van der Waals surface area contributed by atoms with Crippen LogP contribution in [0.25, 0.3) is 0 Å². The Morgan fingerprint density at radius 1 is 1.20 bits per heavy atom. The first-order valence-electron chi connectivity index (χ1n) is 9.04. The molecule has 0 fully saturated rings. The molecule has 1 aliphatic rings. The predicted octanol–water partition coefficient (Wildman–Crippen LogP) is 5.10. The standard InChI is InChI=1S/C21H17BrN2O4S2/c1-12-6-14(3-4-16(12)22)23-20(26)8-15-9-29-21(24-15)30-10-17(25)13-2-5-18-19(7-13)28-11-27-18/h2-7,9H,8,10-11H2,1H3,(H,23,26). The molecule has 154 valence electrons. The number of Topliss-reactive ketones (excluding diaryl/α,β-unsaturated/α-hetero) is 1. The number of benzene rings is 2. The number of thioether (sulfide) groups is 1. The first-order chi connectivity index (χ1) is 14.5. The summed E-state index contributed by atoms with van der Waals surface area (Å²) in [5, 5.41) is 4.73. The maximum atomic E-state index is 12.4. The van der Waals surface area contributed by atoms with E-state index in [2.05, 4.69) is 26.2 Å². The molecule has 0 atom stereocenters. The van der Waals surface area contributed by atoms with Gasteiger partial charge in [-0.2, -0.15) is 0 Å². The number of aryl methyl sites for hydroxylation is 1. The Morgan fingerprint density at radius 3 is 2.87 bits per heavy atom. The van der Waals surface area contributed by atoms with Crippen LogP contribution < -0.4 is 14.8 Å². The van der Waals surface area contributed by atoms with E-state index in [1.54, 1.807) is 18.2 Å². The first-order valence-corrected chi connectivity index (χ1v) is 11.7. The Bertz CT molecular complexity index is 1120. The van der Waals surface area contributed by atoms with Crippen LogP contribution in [0.5, 0.6) is 11.5 Å². The second-order valence-electron chi connectivity index (χ2n) is 6.57. The summed E-state index contributed by atoms with van der Waals surface area (Å²) in [6.45, 7) is 2.15. The lowest BCUT2D eigenvalue weighted by atomic mass is 10.1. The third-order valence-electron chi connectivity index (χ3n) is 4.34. The SMILES string of the molecule is Cc1cc(NC(=O)Cc2csc(SCC(=O)c3ccc4c(c3)OCO4)n2)ccc1Br. The van der Waals surface area contributed by atoms with Crippen LogP contribution in [0.4, 0.5) is 5.69 Å². The highest BCUT2D eigenvalue weighted by Crippen LogP contribution is 2.33. The van der Waals surface area contributed by atoms with Crippen molar-refractivity contribution < 1.29 is 19.1 Å². The number of carbonyl (C=O) groups is 2. The van der Waals surface area contributed by atoms with Crippen LogP contribution in [0.2, 0.25) is 0 Å². The van der Waals surface area contributed by atoms with Crippen LogP contribution in [-0.4, -0.2) is 29.2 Å². The number of fused-ring (bicyclic) bond motifs is 1. The number of aromatic nitrogens is 1. The number of halogens is 1. The lowest BCUT2D eigenvalue weighted by Gasteiger charge is -2.06. The zero-order valence-corrected chi connectivity index (χ0v) is 19.2. The number of ketones is 1. The topological polar surface area (TPSA) is 77.5 Å². The van der Waals surface area contributed by atoms with Crippen LogP contribution in [0.3, 0.4) is 0 Å². The van der Waals surface area contributed by atoms with E-state index in [1.165, 1.54) is 23.1 Å². The van der Waals surface area contributed by atoms with Crippen molar-refractivity contribution in [3.8, 4) is 11.5 Å². The molecule has 30 heavy (non-hydrogen) atoms. The molecule has 0 saturated heterocycles. The zero-order valence-electron chi connectivity index (χ0n) is 15.9. The number of amides is 1.